The second-order valence-corrected chi connectivity index (χ2v) is 5.18. The highest BCUT2D eigenvalue weighted by Gasteiger charge is 2.23. The molecule has 0 unspecified atom stereocenters. The summed E-state index contributed by atoms with van der Waals surface area (Å²) in [6, 6.07) is 9.83. The number of carbonyl (C=O) groups excluding carboxylic acids is 1. The number of ether oxygens (including phenoxy) is 1. The number of carbonyl (C=O) groups is 1. The van der Waals surface area contributed by atoms with Crippen LogP contribution in [0.1, 0.15) is 6.42 Å². The van der Waals surface area contributed by atoms with Gasteiger partial charge in [-0.15, -0.1) is 12.4 Å². The molecule has 1 saturated heterocycles. The van der Waals surface area contributed by atoms with E-state index in [0.717, 1.165) is 36.2 Å². The molecule has 1 amide bonds. The van der Waals surface area contributed by atoms with E-state index in [1.807, 2.05) is 30.3 Å². The summed E-state index contributed by atoms with van der Waals surface area (Å²) in [6.45, 7) is 2.81. The third-order valence-electron chi connectivity index (χ3n) is 3.63. The van der Waals surface area contributed by atoms with E-state index in [2.05, 4.69) is 15.6 Å². The molecule has 2 aromatic rings. The predicted octanol–water partition coefficient (Wildman–Crippen LogP) is 1.76. The Labute approximate surface area is 135 Å². The summed E-state index contributed by atoms with van der Waals surface area (Å²) in [5.41, 5.74) is 0.879. The van der Waals surface area contributed by atoms with Gasteiger partial charge in [-0.05, 0) is 18.6 Å². The van der Waals surface area contributed by atoms with E-state index in [1.54, 1.807) is 6.20 Å². The van der Waals surface area contributed by atoms with Gasteiger partial charge in [0.1, 0.15) is 11.3 Å². The summed E-state index contributed by atoms with van der Waals surface area (Å²) in [4.78, 5) is 16.0. The number of fused-ring (bicyclic) bond motifs is 1. The fraction of sp³-hybridized carbons (Fsp3) is 0.375. The third-order valence-corrected chi connectivity index (χ3v) is 3.63. The summed E-state index contributed by atoms with van der Waals surface area (Å²) < 4.78 is 5.78. The number of aromatic nitrogens is 1. The Morgan fingerprint density at radius 1 is 1.32 bits per heavy atom. The molecular formula is C16H20ClN3O2. The number of nitrogens with zero attached hydrogens (tertiary/aromatic N) is 1. The number of hydrogen-bond donors (Lipinski definition) is 2. The van der Waals surface area contributed by atoms with Crippen molar-refractivity contribution in [1.82, 2.24) is 15.6 Å². The fourth-order valence-electron chi connectivity index (χ4n) is 2.28. The van der Waals surface area contributed by atoms with Gasteiger partial charge in [0, 0.05) is 31.2 Å². The van der Waals surface area contributed by atoms with E-state index in [1.165, 1.54) is 0 Å². The zero-order chi connectivity index (χ0) is 14.5. The van der Waals surface area contributed by atoms with Crippen molar-refractivity contribution in [2.45, 2.75) is 6.42 Å². The first-order chi connectivity index (χ1) is 10.3. The smallest absolute Gasteiger partial charge is 0.225 e. The Kier molecular flexibility index (Phi) is 5.98. The number of amides is 1. The average Bonchev–Trinajstić information content (AvgIpc) is 2.45. The number of halogens is 1. The molecule has 1 fully saturated rings. The van der Waals surface area contributed by atoms with Gasteiger partial charge in [0.25, 0.3) is 0 Å². The van der Waals surface area contributed by atoms with Gasteiger partial charge in [-0.2, -0.15) is 0 Å². The number of nitrogens with one attached hydrogen (secondary N) is 2. The molecule has 1 aromatic heterocycles. The number of pyridine rings is 1. The van der Waals surface area contributed by atoms with Crippen molar-refractivity contribution in [2.24, 2.45) is 5.92 Å². The minimum absolute atomic E-state index is 0. The van der Waals surface area contributed by atoms with Crippen molar-refractivity contribution in [1.29, 1.82) is 0 Å². The van der Waals surface area contributed by atoms with Gasteiger partial charge in [0.05, 0.1) is 12.5 Å². The zero-order valence-electron chi connectivity index (χ0n) is 12.2. The largest absolute Gasteiger partial charge is 0.491 e. The van der Waals surface area contributed by atoms with E-state index in [0.29, 0.717) is 13.2 Å². The van der Waals surface area contributed by atoms with Crippen molar-refractivity contribution in [3.63, 3.8) is 0 Å². The molecule has 0 atom stereocenters. The first kappa shape index (κ1) is 16.5. The fourth-order valence-corrected chi connectivity index (χ4v) is 2.28. The van der Waals surface area contributed by atoms with E-state index in [4.69, 9.17) is 4.74 Å². The SMILES string of the molecule is Cl.O=C(NCCCOc1cccc2cccnc12)C1CNC1. The first-order valence-corrected chi connectivity index (χ1v) is 7.29. The molecule has 1 aliphatic heterocycles. The number of hydrogen-bond acceptors (Lipinski definition) is 4. The lowest BCUT2D eigenvalue weighted by atomic mass is 10.0. The summed E-state index contributed by atoms with van der Waals surface area (Å²) in [5.74, 6) is 1.08. The van der Waals surface area contributed by atoms with Crippen LogP contribution in [0.2, 0.25) is 0 Å². The molecule has 0 aliphatic carbocycles. The highest BCUT2D eigenvalue weighted by molar-refractivity contribution is 5.85. The van der Waals surface area contributed by atoms with Gasteiger partial charge in [-0.25, -0.2) is 0 Å². The van der Waals surface area contributed by atoms with Gasteiger partial charge in [0.2, 0.25) is 5.91 Å². The second-order valence-electron chi connectivity index (χ2n) is 5.18. The summed E-state index contributed by atoms with van der Waals surface area (Å²) in [6.07, 6.45) is 2.55. The molecular weight excluding hydrogens is 302 g/mol. The average molecular weight is 322 g/mol. The van der Waals surface area contributed by atoms with Crippen LogP contribution in [0.25, 0.3) is 10.9 Å². The Bertz CT molecular complexity index is 626. The molecule has 22 heavy (non-hydrogen) atoms. The van der Waals surface area contributed by atoms with Crippen LogP contribution in [0.3, 0.4) is 0 Å². The van der Waals surface area contributed by atoms with Crippen molar-refractivity contribution in [3.05, 3.63) is 36.5 Å². The molecule has 2 heterocycles. The Balaban J connectivity index is 0.00000176. The standard InChI is InChI=1S/C16H19N3O2.ClH/c20-16(13-10-17-11-13)19-8-3-9-21-14-6-1-4-12-5-2-7-18-15(12)14;/h1-2,4-7,13,17H,3,8-11H2,(H,19,20);1H. The summed E-state index contributed by atoms with van der Waals surface area (Å²) >= 11 is 0. The molecule has 6 heteroatoms. The Morgan fingerprint density at radius 3 is 2.91 bits per heavy atom. The normalized spacial score (nSPS) is 14.0. The predicted molar refractivity (Wildman–Crippen MR) is 88.5 cm³/mol. The molecule has 3 rings (SSSR count). The van der Waals surface area contributed by atoms with Crippen molar-refractivity contribution in [2.75, 3.05) is 26.2 Å². The molecule has 0 bridgehead atoms. The van der Waals surface area contributed by atoms with E-state index >= 15 is 0 Å². The van der Waals surface area contributed by atoms with Crippen molar-refractivity contribution >= 4 is 29.2 Å². The minimum atomic E-state index is 0. The van der Waals surface area contributed by atoms with Crippen LogP contribution in [-0.4, -0.2) is 37.1 Å². The van der Waals surface area contributed by atoms with Crippen LogP contribution < -0.4 is 15.4 Å². The molecule has 2 N–H and O–H groups in total. The lowest BCUT2D eigenvalue weighted by molar-refractivity contribution is -0.126. The Hall–Kier alpha value is -1.85. The minimum Gasteiger partial charge on any atom is -0.491 e. The lowest BCUT2D eigenvalue weighted by Gasteiger charge is -2.25. The van der Waals surface area contributed by atoms with E-state index < -0.39 is 0 Å². The lowest BCUT2D eigenvalue weighted by Crippen LogP contribution is -2.50. The molecule has 0 spiro atoms. The van der Waals surface area contributed by atoms with Gasteiger partial charge in [-0.1, -0.05) is 18.2 Å². The molecule has 5 nitrogen and oxygen atoms in total. The molecule has 0 radical (unpaired) electrons. The molecule has 1 aliphatic rings. The van der Waals surface area contributed by atoms with Crippen LogP contribution in [0, 0.1) is 5.92 Å². The maximum Gasteiger partial charge on any atom is 0.225 e. The first-order valence-electron chi connectivity index (χ1n) is 7.29. The van der Waals surface area contributed by atoms with Crippen molar-refractivity contribution < 1.29 is 9.53 Å². The van der Waals surface area contributed by atoms with E-state index in [9.17, 15) is 4.79 Å². The molecule has 1 aromatic carbocycles. The van der Waals surface area contributed by atoms with Crippen LogP contribution >= 0.6 is 12.4 Å². The highest BCUT2D eigenvalue weighted by Crippen LogP contribution is 2.22. The van der Waals surface area contributed by atoms with Gasteiger partial charge >= 0.3 is 0 Å². The number of para-hydroxylation sites is 1. The quantitative estimate of drug-likeness (QED) is 0.796. The maximum absolute atomic E-state index is 11.6. The zero-order valence-corrected chi connectivity index (χ0v) is 13.1. The van der Waals surface area contributed by atoms with Gasteiger partial charge < -0.3 is 15.4 Å². The number of benzene rings is 1. The van der Waals surface area contributed by atoms with Crippen LogP contribution in [0.15, 0.2) is 36.5 Å². The van der Waals surface area contributed by atoms with Crippen LogP contribution in [0.5, 0.6) is 5.75 Å². The van der Waals surface area contributed by atoms with Gasteiger partial charge in [-0.3, -0.25) is 9.78 Å². The topological polar surface area (TPSA) is 63.2 Å². The Morgan fingerprint density at radius 2 is 2.14 bits per heavy atom. The molecule has 0 saturated carbocycles. The summed E-state index contributed by atoms with van der Waals surface area (Å²) in [7, 11) is 0. The van der Waals surface area contributed by atoms with Gasteiger partial charge in [0.15, 0.2) is 0 Å². The second kappa shape index (κ2) is 7.96. The monoisotopic (exact) mass is 321 g/mol. The number of rotatable bonds is 6. The van der Waals surface area contributed by atoms with Crippen molar-refractivity contribution in [3.8, 4) is 5.75 Å². The maximum atomic E-state index is 11.6. The highest BCUT2D eigenvalue weighted by atomic mass is 35.5. The summed E-state index contributed by atoms with van der Waals surface area (Å²) in [5, 5.41) is 7.09. The van der Waals surface area contributed by atoms with E-state index in [-0.39, 0.29) is 24.2 Å². The third kappa shape index (κ3) is 3.87. The van der Waals surface area contributed by atoms with Crippen LogP contribution in [-0.2, 0) is 4.79 Å². The molecule has 118 valence electrons. The van der Waals surface area contributed by atoms with Crippen LogP contribution in [0.4, 0.5) is 0 Å².